The first-order valence-corrected chi connectivity index (χ1v) is 3.01. The van der Waals surface area contributed by atoms with Gasteiger partial charge in [-0.05, 0) is 6.42 Å². The second kappa shape index (κ2) is 15.6. The van der Waals surface area contributed by atoms with E-state index in [4.69, 9.17) is 11.6 Å². The molecule has 0 saturated carbocycles. The lowest BCUT2D eigenvalue weighted by atomic mass is 10.3. The quantitative estimate of drug-likeness (QED) is 0.338. The Kier molecular flexibility index (Phi) is 31.0. The fourth-order valence-electron chi connectivity index (χ4n) is 0.344. The van der Waals surface area contributed by atoms with E-state index in [1.54, 1.807) is 0 Å². The molecule has 0 bridgehead atoms. The maximum absolute atomic E-state index is 5.38. The van der Waals surface area contributed by atoms with Crippen molar-refractivity contribution in [3.8, 4) is 0 Å². The molecule has 0 radical (unpaired) electrons. The summed E-state index contributed by atoms with van der Waals surface area (Å²) in [6, 6.07) is 0. The van der Waals surface area contributed by atoms with Crippen molar-refractivity contribution in [3.05, 3.63) is 0 Å². The lowest BCUT2D eigenvalue weighted by Gasteiger charge is -1.84. The van der Waals surface area contributed by atoms with Crippen molar-refractivity contribution >= 4 is 21.5 Å². The van der Waals surface area contributed by atoms with Crippen LogP contribution in [0.1, 0.15) is 26.2 Å². The molecule has 54 valence electrons. The second-order valence-corrected chi connectivity index (χ2v) is 1.77. The predicted octanol–water partition coefficient (Wildman–Crippen LogP) is 2.63. The molecule has 0 aromatic heterocycles. The van der Waals surface area contributed by atoms with Crippen molar-refractivity contribution in [2.24, 2.45) is 0 Å². The molecule has 0 amide bonds. The first kappa shape index (κ1) is 15.9. The summed E-state index contributed by atoms with van der Waals surface area (Å²) in [7, 11) is 0. The largest absolute Gasteiger partial charge is 0.269 e. The maximum atomic E-state index is 5.38. The number of hydrogen-bond acceptors (Lipinski definition) is 0. The van der Waals surface area contributed by atoms with E-state index < -0.39 is 0 Å². The number of rotatable bonds is 3. The van der Waals surface area contributed by atoms with Gasteiger partial charge in [-0.15, -0.1) is 11.6 Å². The van der Waals surface area contributed by atoms with Crippen molar-refractivity contribution in [2.75, 3.05) is 5.88 Å². The molecule has 0 aromatic rings. The molecule has 0 nitrogen and oxygen atoms in total. The van der Waals surface area contributed by atoms with Crippen LogP contribution >= 0.6 is 21.5 Å². The van der Waals surface area contributed by atoms with Gasteiger partial charge >= 0.3 is 0 Å². The average Bonchev–Trinajstić information content (AvgIpc) is 1.61. The molecular formula is C5H15ClFP. The van der Waals surface area contributed by atoms with Crippen LogP contribution in [0.25, 0.3) is 0 Å². The molecule has 0 rings (SSSR count). The third-order valence-electron chi connectivity index (χ3n) is 0.737. The van der Waals surface area contributed by atoms with E-state index in [2.05, 4.69) is 6.92 Å². The van der Waals surface area contributed by atoms with Crippen LogP contribution in [-0.2, 0) is 0 Å². The van der Waals surface area contributed by atoms with Crippen molar-refractivity contribution in [1.29, 1.82) is 0 Å². The highest BCUT2D eigenvalue weighted by atomic mass is 35.5. The van der Waals surface area contributed by atoms with Crippen molar-refractivity contribution in [1.82, 2.24) is 0 Å². The summed E-state index contributed by atoms with van der Waals surface area (Å²) in [5.74, 6) is 0.827. The minimum Gasteiger partial charge on any atom is -0.269 e. The first-order valence-electron chi connectivity index (χ1n) is 2.47. The van der Waals surface area contributed by atoms with Crippen molar-refractivity contribution in [3.63, 3.8) is 0 Å². The summed E-state index contributed by atoms with van der Waals surface area (Å²) in [4.78, 5) is 0. The highest BCUT2D eigenvalue weighted by Crippen LogP contribution is 1.93. The monoisotopic (exact) mass is 160 g/mol. The van der Waals surface area contributed by atoms with Gasteiger partial charge in [0, 0.05) is 5.88 Å². The van der Waals surface area contributed by atoms with Crippen molar-refractivity contribution < 1.29 is 4.70 Å². The molecule has 0 fully saturated rings. The van der Waals surface area contributed by atoms with E-state index in [0.717, 1.165) is 5.88 Å². The molecule has 8 heavy (non-hydrogen) atoms. The van der Waals surface area contributed by atoms with Gasteiger partial charge in [0.15, 0.2) is 0 Å². The third kappa shape index (κ3) is 15.9. The zero-order chi connectivity index (χ0) is 4.83. The fourth-order valence-corrected chi connectivity index (χ4v) is 0.533. The van der Waals surface area contributed by atoms with E-state index in [1.165, 1.54) is 19.3 Å². The Bertz CT molecular complexity index is 24.4. The van der Waals surface area contributed by atoms with E-state index >= 15 is 0 Å². The van der Waals surface area contributed by atoms with Crippen LogP contribution in [0.15, 0.2) is 0 Å². The smallest absolute Gasteiger partial charge is 0.0223 e. The first-order chi connectivity index (χ1) is 2.91. The van der Waals surface area contributed by atoms with Gasteiger partial charge in [-0.25, -0.2) is 0 Å². The normalized spacial score (nSPS) is 6.75. The summed E-state index contributed by atoms with van der Waals surface area (Å²) in [5.41, 5.74) is 0. The molecule has 0 N–H and O–H groups in total. The molecule has 0 heterocycles. The summed E-state index contributed by atoms with van der Waals surface area (Å²) < 4.78 is 0. The molecule has 1 unspecified atom stereocenters. The molecule has 0 aliphatic heterocycles. The number of halogens is 2. The molecule has 0 spiro atoms. The Balaban J connectivity index is -0.000000125. The van der Waals surface area contributed by atoms with E-state index in [0.29, 0.717) is 0 Å². The van der Waals surface area contributed by atoms with Gasteiger partial charge in [0.1, 0.15) is 0 Å². The van der Waals surface area contributed by atoms with Crippen LogP contribution in [0, 0.1) is 0 Å². The van der Waals surface area contributed by atoms with Gasteiger partial charge in [0.25, 0.3) is 0 Å². The molecule has 1 atom stereocenters. The van der Waals surface area contributed by atoms with E-state index in [9.17, 15) is 0 Å². The summed E-state index contributed by atoms with van der Waals surface area (Å²) >= 11 is 5.38. The Morgan fingerprint density at radius 1 is 1.25 bits per heavy atom. The summed E-state index contributed by atoms with van der Waals surface area (Å²) in [5, 5.41) is 0. The Labute approximate surface area is 59.0 Å². The van der Waals surface area contributed by atoms with Crippen LogP contribution in [0.2, 0.25) is 0 Å². The minimum atomic E-state index is 0. The third-order valence-corrected chi connectivity index (χ3v) is 1.00. The highest BCUT2D eigenvalue weighted by Gasteiger charge is 1.76. The number of hydrogen-bond donors (Lipinski definition) is 0. The molecular weight excluding hydrogens is 145 g/mol. The minimum absolute atomic E-state index is 0. The number of alkyl halides is 1. The van der Waals surface area contributed by atoms with Crippen LogP contribution in [0.5, 0.6) is 0 Å². The molecule has 0 aromatic carbocycles. The SMILES string of the molecule is CCCCCCl.F.P. The second-order valence-electron chi connectivity index (χ2n) is 1.40. The van der Waals surface area contributed by atoms with Crippen LogP contribution in [-0.4, -0.2) is 5.88 Å². The van der Waals surface area contributed by atoms with Gasteiger partial charge in [0.2, 0.25) is 0 Å². The summed E-state index contributed by atoms with van der Waals surface area (Å²) in [6.45, 7) is 2.17. The summed E-state index contributed by atoms with van der Waals surface area (Å²) in [6.07, 6.45) is 3.73. The lowest BCUT2D eigenvalue weighted by Crippen LogP contribution is -1.70. The Morgan fingerprint density at radius 2 is 1.75 bits per heavy atom. The van der Waals surface area contributed by atoms with Crippen LogP contribution in [0.3, 0.4) is 0 Å². The van der Waals surface area contributed by atoms with Gasteiger partial charge < -0.3 is 0 Å². The zero-order valence-electron chi connectivity index (χ0n) is 5.32. The van der Waals surface area contributed by atoms with Gasteiger partial charge in [0.05, 0.1) is 0 Å². The van der Waals surface area contributed by atoms with Gasteiger partial charge in [-0.2, -0.15) is 9.90 Å². The number of unbranched alkanes of at least 4 members (excludes halogenated alkanes) is 2. The lowest BCUT2D eigenvalue weighted by molar-refractivity contribution is 0.776. The highest BCUT2D eigenvalue weighted by molar-refractivity contribution is 6.92. The van der Waals surface area contributed by atoms with Gasteiger partial charge in [-0.3, -0.25) is 4.70 Å². The average molecular weight is 161 g/mol. The van der Waals surface area contributed by atoms with Crippen LogP contribution < -0.4 is 0 Å². The predicted molar refractivity (Wildman–Crippen MR) is 43.9 cm³/mol. The van der Waals surface area contributed by atoms with Crippen molar-refractivity contribution in [2.45, 2.75) is 26.2 Å². The standard InChI is InChI=1S/C5H11Cl.FH.H3P/c1-2-3-4-5-6;;/h2-5H2,1H3;1H;1H3. The van der Waals surface area contributed by atoms with Crippen LogP contribution in [0.4, 0.5) is 4.70 Å². The molecule has 0 aliphatic rings. The van der Waals surface area contributed by atoms with E-state index in [1.807, 2.05) is 0 Å². The maximum Gasteiger partial charge on any atom is 0.0223 e. The Hall–Kier alpha value is 0.650. The zero-order valence-corrected chi connectivity index (χ0v) is 7.49. The Morgan fingerprint density at radius 3 is 1.88 bits per heavy atom. The molecule has 3 heteroatoms. The molecule has 0 saturated heterocycles. The topological polar surface area (TPSA) is 0 Å². The van der Waals surface area contributed by atoms with Gasteiger partial charge in [-0.1, -0.05) is 19.8 Å². The molecule has 0 aliphatic carbocycles. The fraction of sp³-hybridized carbons (Fsp3) is 1.00. The van der Waals surface area contributed by atoms with E-state index in [-0.39, 0.29) is 14.6 Å².